The van der Waals surface area contributed by atoms with E-state index in [-0.39, 0.29) is 21.2 Å². The Bertz CT molecular complexity index is 1160. The fraction of sp³-hybridized carbons (Fsp3) is 0.200. The van der Waals surface area contributed by atoms with Crippen LogP contribution in [0.25, 0.3) is 0 Å². The number of benzene rings is 2. The average Bonchev–Trinajstić information content (AvgIpc) is 3.13. The Kier molecular flexibility index (Phi) is 6.74. The molecule has 0 saturated heterocycles. The number of amides is 1. The number of sulfonamides is 1. The highest BCUT2D eigenvalue weighted by molar-refractivity contribution is 7.92. The monoisotopic (exact) mass is 467 g/mol. The smallest absolute Gasteiger partial charge is 0.264 e. The Morgan fingerprint density at radius 1 is 1.23 bits per heavy atom. The van der Waals surface area contributed by atoms with Gasteiger partial charge in [-0.1, -0.05) is 11.6 Å². The Morgan fingerprint density at radius 2 is 1.93 bits per heavy atom. The molecule has 2 aromatic carbocycles. The van der Waals surface area contributed by atoms with Gasteiger partial charge in [0.05, 0.1) is 31.9 Å². The first-order chi connectivity index (χ1) is 14.2. The van der Waals surface area contributed by atoms with E-state index in [1.165, 1.54) is 60.8 Å². The summed E-state index contributed by atoms with van der Waals surface area (Å²) in [6, 6.07) is 8.99. The standard InChI is InChI=1S/C20H19ClFN3O3S2/c1-13-24-15(12-29-13)9-10-23-20(26)18-11-17(7-8-19(18)21)30(27,28)25(2)16-5-3-14(22)4-6-16/h3-8,11-12H,9-10H2,1-2H3,(H,23,26). The Hall–Kier alpha value is -2.49. The zero-order valence-electron chi connectivity index (χ0n) is 16.2. The number of thiazole rings is 1. The second kappa shape index (κ2) is 9.11. The lowest BCUT2D eigenvalue weighted by atomic mass is 10.2. The minimum atomic E-state index is -3.97. The van der Waals surface area contributed by atoms with Crippen LogP contribution in [0, 0.1) is 12.7 Å². The zero-order valence-corrected chi connectivity index (χ0v) is 18.6. The molecule has 1 N–H and O–H groups in total. The molecule has 0 atom stereocenters. The Labute approximate surface area is 183 Å². The summed E-state index contributed by atoms with van der Waals surface area (Å²) in [6.07, 6.45) is 0.555. The molecule has 0 saturated carbocycles. The summed E-state index contributed by atoms with van der Waals surface area (Å²) in [5, 5.41) is 5.74. The first-order valence-corrected chi connectivity index (χ1v) is 11.6. The Balaban J connectivity index is 1.77. The summed E-state index contributed by atoms with van der Waals surface area (Å²) < 4.78 is 40.1. The highest BCUT2D eigenvalue weighted by atomic mass is 35.5. The largest absolute Gasteiger partial charge is 0.352 e. The molecular formula is C20H19ClFN3O3S2. The first kappa shape index (κ1) is 22.2. The predicted molar refractivity (Wildman–Crippen MR) is 116 cm³/mol. The number of aromatic nitrogens is 1. The lowest BCUT2D eigenvalue weighted by Gasteiger charge is -2.20. The van der Waals surface area contributed by atoms with E-state index in [1.54, 1.807) is 0 Å². The number of carbonyl (C=O) groups excluding carboxylic acids is 1. The molecule has 0 bridgehead atoms. The number of aryl methyl sites for hydroxylation is 1. The van der Waals surface area contributed by atoms with Crippen LogP contribution in [0.15, 0.2) is 52.7 Å². The quantitative estimate of drug-likeness (QED) is 0.568. The van der Waals surface area contributed by atoms with E-state index >= 15 is 0 Å². The molecule has 1 aromatic heterocycles. The van der Waals surface area contributed by atoms with Gasteiger partial charge in [-0.15, -0.1) is 11.3 Å². The van der Waals surface area contributed by atoms with Crippen LogP contribution in [0.5, 0.6) is 0 Å². The topological polar surface area (TPSA) is 79.4 Å². The number of nitrogens with one attached hydrogen (secondary N) is 1. The first-order valence-electron chi connectivity index (χ1n) is 8.92. The maximum Gasteiger partial charge on any atom is 0.264 e. The summed E-state index contributed by atoms with van der Waals surface area (Å²) in [6.45, 7) is 2.24. The van der Waals surface area contributed by atoms with E-state index in [0.717, 1.165) is 15.0 Å². The molecule has 0 fully saturated rings. The van der Waals surface area contributed by atoms with Crippen molar-refractivity contribution in [3.63, 3.8) is 0 Å². The van der Waals surface area contributed by atoms with Gasteiger partial charge >= 0.3 is 0 Å². The van der Waals surface area contributed by atoms with Crippen molar-refractivity contribution in [3.05, 3.63) is 74.9 Å². The van der Waals surface area contributed by atoms with Gasteiger partial charge in [0.2, 0.25) is 0 Å². The number of rotatable bonds is 7. The number of carbonyl (C=O) groups is 1. The highest BCUT2D eigenvalue weighted by Crippen LogP contribution is 2.26. The van der Waals surface area contributed by atoms with E-state index in [1.807, 2.05) is 12.3 Å². The van der Waals surface area contributed by atoms with Crippen LogP contribution in [-0.4, -0.2) is 32.9 Å². The highest BCUT2D eigenvalue weighted by Gasteiger charge is 2.24. The average molecular weight is 468 g/mol. The molecule has 0 unspecified atom stereocenters. The SMILES string of the molecule is Cc1nc(CCNC(=O)c2cc(S(=O)(=O)N(C)c3ccc(F)cc3)ccc2Cl)cs1. The van der Waals surface area contributed by atoms with Gasteiger partial charge in [0.1, 0.15) is 5.82 Å². The number of hydrogen-bond donors (Lipinski definition) is 1. The van der Waals surface area contributed by atoms with Crippen molar-refractivity contribution >= 4 is 44.6 Å². The van der Waals surface area contributed by atoms with Crippen LogP contribution >= 0.6 is 22.9 Å². The summed E-state index contributed by atoms with van der Waals surface area (Å²) >= 11 is 7.66. The molecule has 6 nitrogen and oxygen atoms in total. The molecule has 0 radical (unpaired) electrons. The zero-order chi connectivity index (χ0) is 21.9. The van der Waals surface area contributed by atoms with Crippen molar-refractivity contribution < 1.29 is 17.6 Å². The third kappa shape index (κ3) is 4.97. The van der Waals surface area contributed by atoms with Gasteiger partial charge in [-0.05, 0) is 49.4 Å². The van der Waals surface area contributed by atoms with E-state index in [4.69, 9.17) is 11.6 Å². The van der Waals surface area contributed by atoms with Crippen LogP contribution in [0.4, 0.5) is 10.1 Å². The fourth-order valence-electron chi connectivity index (χ4n) is 2.71. The molecule has 1 amide bonds. The second-order valence-corrected chi connectivity index (χ2v) is 9.89. The minimum Gasteiger partial charge on any atom is -0.352 e. The van der Waals surface area contributed by atoms with E-state index in [0.29, 0.717) is 13.0 Å². The molecule has 3 aromatic rings. The minimum absolute atomic E-state index is 0.0553. The third-order valence-electron chi connectivity index (χ3n) is 4.36. The molecule has 3 rings (SSSR count). The van der Waals surface area contributed by atoms with E-state index in [2.05, 4.69) is 10.3 Å². The second-order valence-electron chi connectivity index (χ2n) is 6.45. The van der Waals surface area contributed by atoms with Crippen molar-refractivity contribution in [1.29, 1.82) is 0 Å². The normalized spacial score (nSPS) is 11.3. The van der Waals surface area contributed by atoms with Crippen LogP contribution in [0.3, 0.4) is 0 Å². The molecular weight excluding hydrogens is 449 g/mol. The van der Waals surface area contributed by atoms with Crippen LogP contribution in [-0.2, 0) is 16.4 Å². The predicted octanol–water partition coefficient (Wildman–Crippen LogP) is 4.04. The summed E-state index contributed by atoms with van der Waals surface area (Å²) in [5.74, 6) is -0.948. The number of nitrogens with zero attached hydrogens (tertiary/aromatic N) is 2. The molecule has 0 spiro atoms. The number of hydrogen-bond acceptors (Lipinski definition) is 5. The van der Waals surface area contributed by atoms with Gasteiger partial charge in [-0.2, -0.15) is 0 Å². The Morgan fingerprint density at radius 3 is 2.57 bits per heavy atom. The van der Waals surface area contributed by atoms with Gasteiger partial charge < -0.3 is 5.32 Å². The van der Waals surface area contributed by atoms with Gasteiger partial charge in [0.15, 0.2) is 0 Å². The number of halogens is 2. The van der Waals surface area contributed by atoms with Crippen molar-refractivity contribution in [1.82, 2.24) is 10.3 Å². The fourth-order valence-corrected chi connectivity index (χ4v) is 4.78. The maximum atomic E-state index is 13.1. The maximum absolute atomic E-state index is 13.1. The number of anilines is 1. The van der Waals surface area contributed by atoms with Gasteiger partial charge in [0, 0.05) is 25.4 Å². The molecule has 158 valence electrons. The summed E-state index contributed by atoms with van der Waals surface area (Å²) in [5.41, 5.74) is 1.22. The van der Waals surface area contributed by atoms with Crippen LogP contribution < -0.4 is 9.62 Å². The van der Waals surface area contributed by atoms with Gasteiger partial charge in [-0.25, -0.2) is 17.8 Å². The van der Waals surface area contributed by atoms with E-state index < -0.39 is 21.7 Å². The molecule has 0 aliphatic rings. The molecule has 0 aliphatic carbocycles. The van der Waals surface area contributed by atoms with E-state index in [9.17, 15) is 17.6 Å². The molecule has 10 heteroatoms. The van der Waals surface area contributed by atoms with Crippen molar-refractivity contribution in [2.45, 2.75) is 18.2 Å². The van der Waals surface area contributed by atoms with Gasteiger partial charge in [-0.3, -0.25) is 9.10 Å². The molecule has 30 heavy (non-hydrogen) atoms. The van der Waals surface area contributed by atoms with Crippen LogP contribution in [0.2, 0.25) is 5.02 Å². The van der Waals surface area contributed by atoms with Crippen molar-refractivity contribution in [2.75, 3.05) is 17.9 Å². The lowest BCUT2D eigenvalue weighted by Crippen LogP contribution is -2.28. The van der Waals surface area contributed by atoms with Crippen molar-refractivity contribution in [3.8, 4) is 0 Å². The third-order valence-corrected chi connectivity index (χ3v) is 7.30. The summed E-state index contributed by atoms with van der Waals surface area (Å²) in [7, 11) is -2.62. The van der Waals surface area contributed by atoms with Gasteiger partial charge in [0.25, 0.3) is 15.9 Å². The summed E-state index contributed by atoms with van der Waals surface area (Å²) in [4.78, 5) is 16.8. The van der Waals surface area contributed by atoms with Crippen LogP contribution in [0.1, 0.15) is 21.1 Å². The van der Waals surface area contributed by atoms with Crippen molar-refractivity contribution in [2.24, 2.45) is 0 Å². The molecule has 0 aliphatic heterocycles. The molecule has 1 heterocycles. The lowest BCUT2D eigenvalue weighted by molar-refractivity contribution is 0.0954.